The number of hydrogen-bond acceptors (Lipinski definition) is 2. The second kappa shape index (κ2) is 6.58. The number of alkyl halides is 3. The number of aliphatic hydroxyl groups excluding tert-OH is 1. The molecule has 0 heterocycles. The summed E-state index contributed by atoms with van der Waals surface area (Å²) in [5, 5.41) is 8.93. The number of carbonyl (C=O) groups is 1. The van der Waals surface area contributed by atoms with Crippen molar-refractivity contribution in [3.63, 3.8) is 0 Å². The lowest BCUT2D eigenvalue weighted by molar-refractivity contribution is -0.138. The number of amides is 1. The van der Waals surface area contributed by atoms with Crippen molar-refractivity contribution in [1.29, 1.82) is 0 Å². The third kappa shape index (κ3) is 3.96. The van der Waals surface area contributed by atoms with E-state index in [1.54, 1.807) is 13.8 Å². The lowest BCUT2D eigenvalue weighted by Crippen LogP contribution is -2.39. The molecule has 0 aliphatic carbocycles. The number of rotatable bonds is 4. The fourth-order valence-corrected chi connectivity index (χ4v) is 2.16. The molecule has 0 spiro atoms. The molecule has 0 aromatic heterocycles. The summed E-state index contributed by atoms with van der Waals surface area (Å²) in [6.07, 6.45) is -4.61. The highest BCUT2D eigenvalue weighted by Crippen LogP contribution is 2.34. The van der Waals surface area contributed by atoms with Crippen LogP contribution in [0.15, 0.2) is 22.7 Å². The van der Waals surface area contributed by atoms with Gasteiger partial charge in [-0.25, -0.2) is 0 Å². The molecular weight excluding hydrogens is 339 g/mol. The molecule has 0 fully saturated rings. The predicted molar refractivity (Wildman–Crippen MR) is 72.4 cm³/mol. The van der Waals surface area contributed by atoms with Crippen molar-refractivity contribution in [3.05, 3.63) is 33.8 Å². The molecule has 0 aliphatic rings. The van der Waals surface area contributed by atoms with E-state index in [2.05, 4.69) is 15.9 Å². The van der Waals surface area contributed by atoms with E-state index in [0.717, 1.165) is 12.1 Å². The Morgan fingerprint density at radius 1 is 1.40 bits per heavy atom. The summed E-state index contributed by atoms with van der Waals surface area (Å²) >= 11 is 2.97. The van der Waals surface area contributed by atoms with Crippen LogP contribution in [0, 0.1) is 0 Å². The van der Waals surface area contributed by atoms with Crippen LogP contribution in [0.4, 0.5) is 13.2 Å². The van der Waals surface area contributed by atoms with Gasteiger partial charge in [-0.05, 0) is 32.0 Å². The largest absolute Gasteiger partial charge is 0.417 e. The van der Waals surface area contributed by atoms with Crippen LogP contribution < -0.4 is 0 Å². The normalized spacial score (nSPS) is 11.8. The fraction of sp³-hybridized carbons (Fsp3) is 0.462. The van der Waals surface area contributed by atoms with E-state index in [1.165, 1.54) is 11.0 Å². The zero-order chi connectivity index (χ0) is 15.5. The Balaban J connectivity index is 3.28. The van der Waals surface area contributed by atoms with Crippen LogP contribution in [0.2, 0.25) is 0 Å². The second-order valence-corrected chi connectivity index (χ2v) is 5.42. The summed E-state index contributed by atoms with van der Waals surface area (Å²) in [4.78, 5) is 13.5. The summed E-state index contributed by atoms with van der Waals surface area (Å²) in [6, 6.07) is 3.10. The third-order valence-electron chi connectivity index (χ3n) is 2.74. The van der Waals surface area contributed by atoms with E-state index in [0.29, 0.717) is 0 Å². The Morgan fingerprint density at radius 2 is 2.00 bits per heavy atom. The van der Waals surface area contributed by atoms with Crippen LogP contribution in [0.5, 0.6) is 0 Å². The number of nitrogens with zero attached hydrogens (tertiary/aromatic N) is 1. The number of carbonyl (C=O) groups excluding carboxylic acids is 1. The van der Waals surface area contributed by atoms with Gasteiger partial charge < -0.3 is 10.0 Å². The van der Waals surface area contributed by atoms with Gasteiger partial charge in [-0.1, -0.05) is 15.9 Å². The molecule has 0 aliphatic heterocycles. The van der Waals surface area contributed by atoms with Crippen LogP contribution in [-0.2, 0) is 6.18 Å². The van der Waals surface area contributed by atoms with E-state index in [9.17, 15) is 18.0 Å². The first-order valence-electron chi connectivity index (χ1n) is 5.97. The molecule has 1 rings (SSSR count). The maximum atomic E-state index is 13.0. The summed E-state index contributed by atoms with van der Waals surface area (Å²) in [5.74, 6) is -0.742. The zero-order valence-electron chi connectivity index (χ0n) is 11.0. The van der Waals surface area contributed by atoms with Crippen molar-refractivity contribution in [2.75, 3.05) is 13.2 Å². The molecule has 0 unspecified atom stereocenters. The van der Waals surface area contributed by atoms with Crippen molar-refractivity contribution in [2.24, 2.45) is 0 Å². The average Bonchev–Trinajstić information content (AvgIpc) is 2.33. The van der Waals surface area contributed by atoms with Crippen molar-refractivity contribution >= 4 is 21.8 Å². The summed E-state index contributed by atoms with van der Waals surface area (Å²) in [7, 11) is 0. The lowest BCUT2D eigenvalue weighted by atomic mass is 10.1. The van der Waals surface area contributed by atoms with Gasteiger partial charge in [-0.15, -0.1) is 0 Å². The van der Waals surface area contributed by atoms with Crippen LogP contribution in [0.25, 0.3) is 0 Å². The summed E-state index contributed by atoms with van der Waals surface area (Å²) < 4.78 is 39.2. The van der Waals surface area contributed by atoms with Gasteiger partial charge in [-0.3, -0.25) is 4.79 Å². The highest BCUT2D eigenvalue weighted by Gasteiger charge is 2.36. The molecule has 0 atom stereocenters. The van der Waals surface area contributed by atoms with Gasteiger partial charge in [0.05, 0.1) is 17.7 Å². The van der Waals surface area contributed by atoms with Crippen molar-refractivity contribution in [2.45, 2.75) is 26.1 Å². The fourth-order valence-electron chi connectivity index (χ4n) is 1.79. The quantitative estimate of drug-likeness (QED) is 0.901. The standard InChI is InChI=1S/C13H15BrF3NO2/c1-8(2)18(5-6-19)12(20)10-4-3-9(14)7-11(10)13(15,16)17/h3-4,7-8,19H,5-6H2,1-2H3. The molecule has 0 saturated carbocycles. The predicted octanol–water partition coefficient (Wildman–Crippen LogP) is 3.31. The molecule has 1 aromatic carbocycles. The minimum Gasteiger partial charge on any atom is -0.395 e. The Kier molecular flexibility index (Phi) is 5.59. The van der Waals surface area contributed by atoms with Crippen molar-refractivity contribution < 1.29 is 23.1 Å². The first-order valence-corrected chi connectivity index (χ1v) is 6.76. The Bertz CT molecular complexity index is 489. The van der Waals surface area contributed by atoms with Crippen molar-refractivity contribution in [3.8, 4) is 0 Å². The van der Waals surface area contributed by atoms with Crippen molar-refractivity contribution in [1.82, 2.24) is 4.90 Å². The van der Waals surface area contributed by atoms with Gasteiger partial charge in [0.2, 0.25) is 0 Å². The minimum atomic E-state index is -4.61. The van der Waals surface area contributed by atoms with E-state index in [-0.39, 0.29) is 23.7 Å². The van der Waals surface area contributed by atoms with Crippen LogP contribution in [0.1, 0.15) is 29.8 Å². The number of hydrogen-bond donors (Lipinski definition) is 1. The van der Waals surface area contributed by atoms with Gasteiger partial charge >= 0.3 is 6.18 Å². The third-order valence-corrected chi connectivity index (χ3v) is 3.24. The van der Waals surface area contributed by atoms with Gasteiger partial charge in [-0.2, -0.15) is 13.2 Å². The van der Waals surface area contributed by atoms with Gasteiger partial charge in [0.25, 0.3) is 5.91 Å². The summed E-state index contributed by atoms with van der Waals surface area (Å²) in [5.41, 5.74) is -1.40. The Hall–Kier alpha value is -1.08. The topological polar surface area (TPSA) is 40.5 Å². The summed E-state index contributed by atoms with van der Waals surface area (Å²) in [6.45, 7) is 3.05. The van der Waals surface area contributed by atoms with Gasteiger partial charge in [0.1, 0.15) is 0 Å². The molecule has 112 valence electrons. The van der Waals surface area contributed by atoms with E-state index < -0.39 is 23.2 Å². The van der Waals surface area contributed by atoms with E-state index >= 15 is 0 Å². The Morgan fingerprint density at radius 3 is 2.45 bits per heavy atom. The highest BCUT2D eigenvalue weighted by atomic mass is 79.9. The van der Waals surface area contributed by atoms with E-state index in [4.69, 9.17) is 5.11 Å². The highest BCUT2D eigenvalue weighted by molar-refractivity contribution is 9.10. The second-order valence-electron chi connectivity index (χ2n) is 4.50. The molecule has 0 bridgehead atoms. The first-order chi connectivity index (χ1) is 9.18. The van der Waals surface area contributed by atoms with Gasteiger partial charge in [0, 0.05) is 17.1 Å². The average molecular weight is 354 g/mol. The SMILES string of the molecule is CC(C)N(CCO)C(=O)c1ccc(Br)cc1C(F)(F)F. The molecule has 1 N–H and O–H groups in total. The van der Waals surface area contributed by atoms with Crippen LogP contribution in [-0.4, -0.2) is 35.1 Å². The molecule has 0 radical (unpaired) electrons. The van der Waals surface area contributed by atoms with E-state index in [1.807, 2.05) is 0 Å². The molecule has 1 amide bonds. The number of aliphatic hydroxyl groups is 1. The first kappa shape index (κ1) is 17.0. The Labute approximate surface area is 123 Å². The maximum Gasteiger partial charge on any atom is 0.417 e. The molecule has 1 aromatic rings. The molecule has 20 heavy (non-hydrogen) atoms. The molecule has 7 heteroatoms. The molecule has 3 nitrogen and oxygen atoms in total. The molecule has 0 saturated heterocycles. The molecular formula is C13H15BrF3NO2. The minimum absolute atomic E-state index is 0.0101. The monoisotopic (exact) mass is 353 g/mol. The zero-order valence-corrected chi connectivity index (χ0v) is 12.6. The van der Waals surface area contributed by atoms with Gasteiger partial charge in [0.15, 0.2) is 0 Å². The van der Waals surface area contributed by atoms with Crippen LogP contribution in [0.3, 0.4) is 0 Å². The lowest BCUT2D eigenvalue weighted by Gasteiger charge is -2.27. The number of benzene rings is 1. The number of halogens is 4. The maximum absolute atomic E-state index is 13.0. The van der Waals surface area contributed by atoms with Crippen LogP contribution >= 0.6 is 15.9 Å². The smallest absolute Gasteiger partial charge is 0.395 e.